The molecule has 0 bridgehead atoms. The Morgan fingerprint density at radius 3 is 2.90 bits per heavy atom. The molecule has 9 heteroatoms. The minimum absolute atomic E-state index is 0.0208. The molecule has 1 heterocycles. The topological polar surface area (TPSA) is 111 Å². The van der Waals surface area contributed by atoms with E-state index in [1.54, 1.807) is 7.11 Å². The Labute approximate surface area is 117 Å². The van der Waals surface area contributed by atoms with E-state index in [0.29, 0.717) is 6.61 Å². The van der Waals surface area contributed by atoms with E-state index in [1.165, 1.54) is 17.1 Å². The van der Waals surface area contributed by atoms with E-state index in [9.17, 15) is 13.2 Å². The lowest BCUT2D eigenvalue weighted by atomic mass is 10.2. The zero-order valence-electron chi connectivity index (χ0n) is 11.4. The molecule has 0 amide bonds. The molecule has 0 radical (unpaired) electrons. The molecule has 2 N–H and O–H groups in total. The fourth-order valence-electron chi connectivity index (χ4n) is 1.49. The summed E-state index contributed by atoms with van der Waals surface area (Å²) in [6.07, 6.45) is 2.40. The molecule has 0 aromatic carbocycles. The third kappa shape index (κ3) is 5.27. The van der Waals surface area contributed by atoms with Crippen LogP contribution in [0.4, 0.5) is 0 Å². The molecule has 114 valence electrons. The number of nitrogens with zero attached hydrogens (tertiary/aromatic N) is 2. The summed E-state index contributed by atoms with van der Waals surface area (Å²) < 4.78 is 32.6. The highest BCUT2D eigenvalue weighted by molar-refractivity contribution is 7.89. The Balaban J connectivity index is 2.61. The maximum atomic E-state index is 12.0. The van der Waals surface area contributed by atoms with E-state index in [2.05, 4.69) is 9.82 Å². The van der Waals surface area contributed by atoms with E-state index in [0.717, 1.165) is 0 Å². The molecular formula is C11H19N3O5S. The van der Waals surface area contributed by atoms with Crippen molar-refractivity contribution in [2.45, 2.75) is 24.8 Å². The van der Waals surface area contributed by atoms with Crippen LogP contribution in [0.2, 0.25) is 0 Å². The molecule has 1 aromatic rings. The molecule has 1 atom stereocenters. The van der Waals surface area contributed by atoms with E-state index in [4.69, 9.17) is 9.84 Å². The van der Waals surface area contributed by atoms with Gasteiger partial charge < -0.3 is 9.84 Å². The van der Waals surface area contributed by atoms with Crippen LogP contribution >= 0.6 is 0 Å². The van der Waals surface area contributed by atoms with Crippen molar-refractivity contribution in [2.75, 3.05) is 20.3 Å². The molecule has 8 nitrogen and oxygen atoms in total. The number of rotatable bonds is 9. The predicted octanol–water partition coefficient (Wildman–Crippen LogP) is -0.0814. The van der Waals surface area contributed by atoms with Crippen LogP contribution in [0.5, 0.6) is 0 Å². The van der Waals surface area contributed by atoms with Gasteiger partial charge in [0, 0.05) is 26.5 Å². The molecule has 0 aliphatic rings. The summed E-state index contributed by atoms with van der Waals surface area (Å²) in [4.78, 5) is 10.5. The maximum absolute atomic E-state index is 12.0. The number of carboxylic acid groups (broad SMARTS) is 1. The van der Waals surface area contributed by atoms with Crippen molar-refractivity contribution in [1.82, 2.24) is 14.5 Å². The lowest BCUT2D eigenvalue weighted by Gasteiger charge is -2.10. The normalized spacial score (nSPS) is 13.3. The number of hydrogen-bond acceptors (Lipinski definition) is 5. The molecule has 1 aromatic heterocycles. The van der Waals surface area contributed by atoms with Crippen LogP contribution in [-0.2, 0) is 26.1 Å². The average molecular weight is 305 g/mol. The highest BCUT2D eigenvalue weighted by Crippen LogP contribution is 2.08. The van der Waals surface area contributed by atoms with Crippen LogP contribution in [0.3, 0.4) is 0 Å². The number of sulfonamides is 1. The summed E-state index contributed by atoms with van der Waals surface area (Å²) >= 11 is 0. The second-order valence-corrected chi connectivity index (χ2v) is 6.26. The van der Waals surface area contributed by atoms with Crippen LogP contribution in [0.25, 0.3) is 0 Å². The van der Waals surface area contributed by atoms with Crippen molar-refractivity contribution in [3.05, 3.63) is 12.4 Å². The number of methoxy groups -OCH3 is 1. The van der Waals surface area contributed by atoms with Gasteiger partial charge in [0.2, 0.25) is 10.0 Å². The molecule has 0 saturated heterocycles. The molecule has 0 aliphatic heterocycles. The monoisotopic (exact) mass is 305 g/mol. The number of aliphatic carboxylic acids is 1. The first-order valence-electron chi connectivity index (χ1n) is 6.08. The van der Waals surface area contributed by atoms with E-state index < -0.39 is 16.0 Å². The predicted molar refractivity (Wildman–Crippen MR) is 70.7 cm³/mol. The van der Waals surface area contributed by atoms with Gasteiger partial charge in [-0.2, -0.15) is 5.10 Å². The third-order valence-electron chi connectivity index (χ3n) is 2.55. The summed E-state index contributed by atoms with van der Waals surface area (Å²) in [5.74, 6) is -0.909. The van der Waals surface area contributed by atoms with E-state index in [1.807, 2.05) is 6.92 Å². The Morgan fingerprint density at radius 1 is 1.60 bits per heavy atom. The second kappa shape index (κ2) is 7.36. The lowest BCUT2D eigenvalue weighted by molar-refractivity contribution is -0.137. The Morgan fingerprint density at radius 2 is 2.30 bits per heavy atom. The van der Waals surface area contributed by atoms with E-state index in [-0.39, 0.29) is 30.3 Å². The van der Waals surface area contributed by atoms with Gasteiger partial charge in [0.15, 0.2) is 0 Å². The number of aromatic nitrogens is 2. The second-order valence-electron chi connectivity index (χ2n) is 4.50. The highest BCUT2D eigenvalue weighted by Gasteiger charge is 2.17. The number of hydrogen-bond donors (Lipinski definition) is 2. The maximum Gasteiger partial charge on any atom is 0.305 e. The minimum Gasteiger partial charge on any atom is -0.481 e. The van der Waals surface area contributed by atoms with Crippen molar-refractivity contribution in [2.24, 2.45) is 5.92 Å². The Bertz CT molecular complexity index is 540. The molecule has 0 spiro atoms. The number of carbonyl (C=O) groups is 1. The van der Waals surface area contributed by atoms with Crippen LogP contribution < -0.4 is 4.72 Å². The van der Waals surface area contributed by atoms with Gasteiger partial charge in [0.25, 0.3) is 0 Å². The first-order valence-corrected chi connectivity index (χ1v) is 7.56. The van der Waals surface area contributed by atoms with Gasteiger partial charge in [-0.1, -0.05) is 6.92 Å². The SMILES string of the molecule is COCC(C)CNS(=O)(=O)c1cnn(CCC(=O)O)c1. The lowest BCUT2D eigenvalue weighted by Crippen LogP contribution is -2.29. The van der Waals surface area contributed by atoms with Gasteiger partial charge in [-0.05, 0) is 5.92 Å². The van der Waals surface area contributed by atoms with Crippen molar-refractivity contribution in [3.63, 3.8) is 0 Å². The number of carboxylic acids is 1. The fourth-order valence-corrected chi connectivity index (χ4v) is 2.61. The Kier molecular flexibility index (Phi) is 6.11. The molecule has 0 aliphatic carbocycles. The number of nitrogens with one attached hydrogen (secondary N) is 1. The Hall–Kier alpha value is -1.45. The minimum atomic E-state index is -3.63. The number of ether oxygens (including phenoxy) is 1. The third-order valence-corrected chi connectivity index (χ3v) is 3.93. The largest absolute Gasteiger partial charge is 0.481 e. The number of aryl methyl sites for hydroxylation is 1. The molecule has 0 saturated carbocycles. The highest BCUT2D eigenvalue weighted by atomic mass is 32.2. The molecule has 20 heavy (non-hydrogen) atoms. The van der Waals surface area contributed by atoms with Crippen LogP contribution in [0, 0.1) is 5.92 Å². The average Bonchev–Trinajstić information content (AvgIpc) is 2.84. The molecular weight excluding hydrogens is 286 g/mol. The molecule has 0 fully saturated rings. The zero-order chi connectivity index (χ0) is 15.2. The summed E-state index contributed by atoms with van der Waals surface area (Å²) in [5.41, 5.74) is 0. The van der Waals surface area contributed by atoms with Gasteiger partial charge >= 0.3 is 5.97 Å². The summed E-state index contributed by atoms with van der Waals surface area (Å²) in [5, 5.41) is 12.4. The van der Waals surface area contributed by atoms with Gasteiger partial charge in [0.05, 0.1) is 19.2 Å². The van der Waals surface area contributed by atoms with Gasteiger partial charge in [0.1, 0.15) is 4.90 Å². The van der Waals surface area contributed by atoms with Crippen LogP contribution in [0.15, 0.2) is 17.3 Å². The van der Waals surface area contributed by atoms with Gasteiger partial charge in [-0.15, -0.1) is 0 Å². The van der Waals surface area contributed by atoms with Crippen LogP contribution in [0.1, 0.15) is 13.3 Å². The fraction of sp³-hybridized carbons (Fsp3) is 0.636. The van der Waals surface area contributed by atoms with Crippen molar-refractivity contribution < 1.29 is 23.1 Å². The quantitative estimate of drug-likeness (QED) is 0.660. The summed E-state index contributed by atoms with van der Waals surface area (Å²) in [6, 6.07) is 0. The van der Waals surface area contributed by atoms with Crippen LogP contribution in [-0.4, -0.2) is 49.5 Å². The first-order chi connectivity index (χ1) is 9.35. The zero-order valence-corrected chi connectivity index (χ0v) is 12.3. The first kappa shape index (κ1) is 16.6. The van der Waals surface area contributed by atoms with Gasteiger partial charge in [-0.3, -0.25) is 9.48 Å². The van der Waals surface area contributed by atoms with Crippen molar-refractivity contribution in [3.8, 4) is 0 Å². The molecule has 1 unspecified atom stereocenters. The summed E-state index contributed by atoms with van der Waals surface area (Å²) in [7, 11) is -2.07. The molecule has 1 rings (SSSR count). The van der Waals surface area contributed by atoms with Crippen molar-refractivity contribution in [1.29, 1.82) is 0 Å². The van der Waals surface area contributed by atoms with Crippen molar-refractivity contribution >= 4 is 16.0 Å². The smallest absolute Gasteiger partial charge is 0.305 e. The van der Waals surface area contributed by atoms with E-state index >= 15 is 0 Å². The standard InChI is InChI=1S/C11H19N3O5S/c1-9(8-19-2)5-13-20(17,18)10-6-12-14(7-10)4-3-11(15)16/h6-7,9,13H,3-5,8H2,1-2H3,(H,15,16). The van der Waals surface area contributed by atoms with Gasteiger partial charge in [-0.25, -0.2) is 13.1 Å². The summed E-state index contributed by atoms with van der Waals surface area (Å²) in [6.45, 7) is 2.71.